The minimum absolute atomic E-state index is 0.0179. The first-order valence-corrected chi connectivity index (χ1v) is 7.68. The SMILES string of the molecule is O=C(COC(=O)CCc1ccc(F)cc1)Nc1ccccc1OC(F)F. The van der Waals surface area contributed by atoms with Gasteiger partial charge in [-0.3, -0.25) is 9.59 Å². The van der Waals surface area contributed by atoms with E-state index in [4.69, 9.17) is 4.74 Å². The Kier molecular flexibility index (Phi) is 7.02. The Balaban J connectivity index is 1.78. The van der Waals surface area contributed by atoms with E-state index < -0.39 is 25.1 Å². The van der Waals surface area contributed by atoms with E-state index in [2.05, 4.69) is 10.1 Å². The van der Waals surface area contributed by atoms with Gasteiger partial charge in [0, 0.05) is 6.42 Å². The Morgan fingerprint density at radius 2 is 1.73 bits per heavy atom. The molecular formula is C18H16F3NO4. The fourth-order valence-electron chi connectivity index (χ4n) is 2.07. The summed E-state index contributed by atoms with van der Waals surface area (Å²) in [4.78, 5) is 23.4. The Labute approximate surface area is 147 Å². The predicted molar refractivity (Wildman–Crippen MR) is 87.4 cm³/mol. The zero-order valence-corrected chi connectivity index (χ0v) is 13.6. The average molecular weight is 367 g/mol. The molecule has 0 heterocycles. The monoisotopic (exact) mass is 367 g/mol. The highest BCUT2D eigenvalue weighted by atomic mass is 19.3. The lowest BCUT2D eigenvalue weighted by Crippen LogP contribution is -2.21. The Morgan fingerprint density at radius 3 is 2.42 bits per heavy atom. The molecule has 0 aromatic heterocycles. The zero-order valence-electron chi connectivity index (χ0n) is 13.6. The van der Waals surface area contributed by atoms with Crippen LogP contribution in [-0.4, -0.2) is 25.1 Å². The van der Waals surface area contributed by atoms with Crippen molar-refractivity contribution in [1.82, 2.24) is 0 Å². The van der Waals surface area contributed by atoms with Crippen molar-refractivity contribution in [3.63, 3.8) is 0 Å². The number of amides is 1. The second kappa shape index (κ2) is 9.45. The number of hydrogen-bond acceptors (Lipinski definition) is 4. The van der Waals surface area contributed by atoms with Crippen LogP contribution < -0.4 is 10.1 Å². The van der Waals surface area contributed by atoms with E-state index in [0.717, 1.165) is 5.56 Å². The van der Waals surface area contributed by atoms with E-state index in [0.29, 0.717) is 6.42 Å². The molecule has 0 spiro atoms. The Morgan fingerprint density at radius 1 is 1.04 bits per heavy atom. The number of rotatable bonds is 8. The number of para-hydroxylation sites is 2. The molecule has 1 N–H and O–H groups in total. The summed E-state index contributed by atoms with van der Waals surface area (Å²) >= 11 is 0. The molecule has 138 valence electrons. The molecular weight excluding hydrogens is 351 g/mol. The summed E-state index contributed by atoms with van der Waals surface area (Å²) in [5.41, 5.74) is 0.797. The zero-order chi connectivity index (χ0) is 18.9. The second-order valence-corrected chi connectivity index (χ2v) is 5.21. The number of nitrogens with one attached hydrogen (secondary N) is 1. The van der Waals surface area contributed by atoms with E-state index in [9.17, 15) is 22.8 Å². The van der Waals surface area contributed by atoms with Crippen LogP contribution in [0.15, 0.2) is 48.5 Å². The highest BCUT2D eigenvalue weighted by Gasteiger charge is 2.13. The number of aryl methyl sites for hydroxylation is 1. The van der Waals surface area contributed by atoms with Crippen LogP contribution in [-0.2, 0) is 20.7 Å². The summed E-state index contributed by atoms with van der Waals surface area (Å²) in [6.45, 7) is -3.59. The normalized spacial score (nSPS) is 10.5. The van der Waals surface area contributed by atoms with Crippen LogP contribution >= 0.6 is 0 Å². The number of esters is 1. The largest absolute Gasteiger partial charge is 0.456 e. The third-order valence-electron chi connectivity index (χ3n) is 3.27. The first kappa shape index (κ1) is 19.3. The molecule has 0 aliphatic rings. The smallest absolute Gasteiger partial charge is 0.387 e. The molecule has 26 heavy (non-hydrogen) atoms. The van der Waals surface area contributed by atoms with Gasteiger partial charge in [0.2, 0.25) is 0 Å². The van der Waals surface area contributed by atoms with E-state index in [1.807, 2.05) is 0 Å². The summed E-state index contributed by atoms with van der Waals surface area (Å²) in [5, 5.41) is 2.34. The number of hydrogen-bond donors (Lipinski definition) is 1. The van der Waals surface area contributed by atoms with E-state index >= 15 is 0 Å². The molecule has 2 aromatic rings. The molecule has 0 saturated heterocycles. The molecule has 0 atom stereocenters. The lowest BCUT2D eigenvalue weighted by atomic mass is 10.1. The number of benzene rings is 2. The Hall–Kier alpha value is -3.03. The highest BCUT2D eigenvalue weighted by Crippen LogP contribution is 2.25. The van der Waals surface area contributed by atoms with E-state index in [-0.39, 0.29) is 23.7 Å². The maximum atomic E-state index is 12.8. The van der Waals surface area contributed by atoms with Crippen LogP contribution in [0.5, 0.6) is 5.75 Å². The fourth-order valence-corrected chi connectivity index (χ4v) is 2.07. The van der Waals surface area contributed by atoms with Gasteiger partial charge in [-0.05, 0) is 36.2 Å². The number of halogens is 3. The van der Waals surface area contributed by atoms with Crippen LogP contribution in [0.25, 0.3) is 0 Å². The second-order valence-electron chi connectivity index (χ2n) is 5.21. The van der Waals surface area contributed by atoms with E-state index in [1.54, 1.807) is 12.1 Å². The van der Waals surface area contributed by atoms with Gasteiger partial charge in [0.15, 0.2) is 6.61 Å². The van der Waals surface area contributed by atoms with Gasteiger partial charge in [0.05, 0.1) is 5.69 Å². The van der Waals surface area contributed by atoms with Gasteiger partial charge in [-0.25, -0.2) is 4.39 Å². The van der Waals surface area contributed by atoms with Gasteiger partial charge in [-0.1, -0.05) is 24.3 Å². The number of carbonyl (C=O) groups is 2. The molecule has 2 aromatic carbocycles. The average Bonchev–Trinajstić information content (AvgIpc) is 2.61. The highest BCUT2D eigenvalue weighted by molar-refractivity contribution is 5.94. The number of alkyl halides is 2. The van der Waals surface area contributed by atoms with Gasteiger partial charge >= 0.3 is 12.6 Å². The first-order chi connectivity index (χ1) is 12.4. The summed E-state index contributed by atoms with van der Waals surface area (Å²) in [6.07, 6.45) is 0.357. The maximum Gasteiger partial charge on any atom is 0.387 e. The van der Waals surface area contributed by atoms with Crippen LogP contribution in [0, 0.1) is 5.82 Å². The molecule has 0 aliphatic carbocycles. The van der Waals surface area contributed by atoms with Crippen molar-refractivity contribution in [2.24, 2.45) is 0 Å². The minimum atomic E-state index is -3.03. The lowest BCUT2D eigenvalue weighted by molar-refractivity contribution is -0.147. The van der Waals surface area contributed by atoms with Gasteiger partial charge in [0.1, 0.15) is 11.6 Å². The van der Waals surface area contributed by atoms with Crippen LogP contribution in [0.1, 0.15) is 12.0 Å². The molecule has 0 bridgehead atoms. The molecule has 0 fully saturated rings. The van der Waals surface area contributed by atoms with Crippen molar-refractivity contribution in [2.75, 3.05) is 11.9 Å². The molecule has 0 unspecified atom stereocenters. The molecule has 1 amide bonds. The topological polar surface area (TPSA) is 64.6 Å². The van der Waals surface area contributed by atoms with Crippen LogP contribution in [0.4, 0.5) is 18.9 Å². The maximum absolute atomic E-state index is 12.8. The van der Waals surface area contributed by atoms with Gasteiger partial charge in [-0.2, -0.15) is 8.78 Å². The van der Waals surface area contributed by atoms with Crippen molar-refractivity contribution in [1.29, 1.82) is 0 Å². The third kappa shape index (κ3) is 6.46. The summed E-state index contributed by atoms with van der Waals surface area (Å²) in [5.74, 6) is -1.87. The molecule has 0 saturated carbocycles. The van der Waals surface area contributed by atoms with Crippen molar-refractivity contribution < 1.29 is 32.2 Å². The number of ether oxygens (including phenoxy) is 2. The standard InChI is InChI=1S/C18H16F3NO4/c19-13-8-5-12(6-9-13)7-10-17(24)25-11-16(23)22-14-3-1-2-4-15(14)26-18(20)21/h1-6,8-9,18H,7,10-11H2,(H,22,23). The lowest BCUT2D eigenvalue weighted by Gasteiger charge is -2.11. The summed E-state index contributed by atoms with van der Waals surface area (Å²) in [7, 11) is 0. The van der Waals surface area contributed by atoms with Gasteiger partial charge in [-0.15, -0.1) is 0 Å². The fraction of sp³-hybridized carbons (Fsp3) is 0.222. The van der Waals surface area contributed by atoms with Crippen LogP contribution in [0.2, 0.25) is 0 Å². The summed E-state index contributed by atoms with van der Waals surface area (Å²) < 4.78 is 46.5. The van der Waals surface area contributed by atoms with Crippen molar-refractivity contribution in [3.8, 4) is 5.75 Å². The molecule has 5 nitrogen and oxygen atoms in total. The predicted octanol–water partition coefficient (Wildman–Crippen LogP) is 3.54. The molecule has 0 aliphatic heterocycles. The summed E-state index contributed by atoms with van der Waals surface area (Å²) in [6, 6.07) is 11.3. The minimum Gasteiger partial charge on any atom is -0.456 e. The van der Waals surface area contributed by atoms with E-state index in [1.165, 1.54) is 36.4 Å². The Bertz CT molecular complexity index is 750. The third-order valence-corrected chi connectivity index (χ3v) is 3.27. The van der Waals surface area contributed by atoms with Crippen molar-refractivity contribution in [3.05, 3.63) is 59.9 Å². The van der Waals surface area contributed by atoms with Gasteiger partial charge in [0.25, 0.3) is 5.91 Å². The molecule has 0 radical (unpaired) electrons. The number of carbonyl (C=O) groups excluding carboxylic acids is 2. The quantitative estimate of drug-likeness (QED) is 0.725. The van der Waals surface area contributed by atoms with Crippen LogP contribution in [0.3, 0.4) is 0 Å². The first-order valence-electron chi connectivity index (χ1n) is 7.68. The molecule has 8 heteroatoms. The number of anilines is 1. The van der Waals surface area contributed by atoms with Crippen molar-refractivity contribution in [2.45, 2.75) is 19.5 Å². The molecule has 2 rings (SSSR count). The van der Waals surface area contributed by atoms with Crippen molar-refractivity contribution >= 4 is 17.6 Å². The van der Waals surface area contributed by atoms with Gasteiger partial charge < -0.3 is 14.8 Å².